The van der Waals surface area contributed by atoms with Gasteiger partial charge in [0.25, 0.3) is 0 Å². The molecule has 3 nitrogen and oxygen atoms in total. The number of carboxylic acid groups (broad SMARTS) is 1. The maximum atomic E-state index is 11.4. The van der Waals surface area contributed by atoms with Crippen LogP contribution >= 0.6 is 0 Å². The Kier molecular flexibility index (Phi) is 2.36. The van der Waals surface area contributed by atoms with Gasteiger partial charge in [-0.2, -0.15) is 0 Å². The highest BCUT2D eigenvalue weighted by atomic mass is 16.4. The van der Waals surface area contributed by atoms with E-state index in [9.17, 15) is 9.90 Å². The van der Waals surface area contributed by atoms with Crippen LogP contribution in [0.5, 0.6) is 0 Å². The highest BCUT2D eigenvalue weighted by Gasteiger charge is 2.49. The predicted molar refractivity (Wildman–Crippen MR) is 72.3 cm³/mol. The molecule has 19 heavy (non-hydrogen) atoms. The highest BCUT2D eigenvalue weighted by molar-refractivity contribution is 5.87. The van der Waals surface area contributed by atoms with Gasteiger partial charge >= 0.3 is 5.97 Å². The van der Waals surface area contributed by atoms with E-state index in [2.05, 4.69) is 11.1 Å². The van der Waals surface area contributed by atoms with Gasteiger partial charge in [-0.1, -0.05) is 0 Å². The quantitative estimate of drug-likeness (QED) is 0.853. The second kappa shape index (κ2) is 3.87. The van der Waals surface area contributed by atoms with Crippen molar-refractivity contribution in [1.29, 1.82) is 0 Å². The molecule has 4 aliphatic carbocycles. The molecule has 1 heterocycles. The molecule has 4 bridgehead atoms. The first-order chi connectivity index (χ1) is 9.11. The molecule has 0 aromatic carbocycles. The lowest BCUT2D eigenvalue weighted by molar-refractivity contribution is -0.00312. The first kappa shape index (κ1) is 11.6. The van der Waals surface area contributed by atoms with Gasteiger partial charge in [0.15, 0.2) is 0 Å². The Hall–Kier alpha value is -1.25. The van der Waals surface area contributed by atoms with Gasteiger partial charge in [-0.3, -0.25) is 0 Å². The molecule has 0 radical (unpaired) electrons. The van der Waals surface area contributed by atoms with Crippen LogP contribution in [0.3, 0.4) is 0 Å². The van der Waals surface area contributed by atoms with Gasteiger partial charge in [-0.15, -0.1) is 0 Å². The number of carbonyl (C=O) groups is 1. The number of aromatic nitrogens is 1. The van der Waals surface area contributed by atoms with Crippen LogP contribution in [0.25, 0.3) is 0 Å². The van der Waals surface area contributed by atoms with Gasteiger partial charge < -0.3 is 10.1 Å². The third-order valence-electron chi connectivity index (χ3n) is 5.78. The lowest BCUT2D eigenvalue weighted by atomic mass is 9.50. The van der Waals surface area contributed by atoms with E-state index in [-0.39, 0.29) is 0 Å². The molecular formula is C16H21NO2. The molecule has 0 saturated heterocycles. The normalized spacial score (nSPS) is 39.7. The minimum atomic E-state index is -0.795. The Morgan fingerprint density at radius 3 is 2.26 bits per heavy atom. The first-order valence-corrected chi connectivity index (χ1v) is 7.54. The van der Waals surface area contributed by atoms with Crippen LogP contribution in [-0.4, -0.2) is 16.1 Å². The molecule has 0 amide bonds. The lowest BCUT2D eigenvalue weighted by Gasteiger charge is -2.54. The Morgan fingerprint density at radius 1 is 1.16 bits per heavy atom. The maximum absolute atomic E-state index is 11.4. The second-order valence-corrected chi connectivity index (χ2v) is 7.04. The number of carboxylic acids is 1. The van der Waals surface area contributed by atoms with Crippen molar-refractivity contribution >= 4 is 5.97 Å². The Balaban J connectivity index is 1.74. The summed E-state index contributed by atoms with van der Waals surface area (Å²) in [6.45, 7) is 1.96. The van der Waals surface area contributed by atoms with E-state index in [1.165, 1.54) is 32.1 Å². The fourth-order valence-electron chi connectivity index (χ4n) is 5.48. The number of rotatable bonds is 2. The zero-order valence-corrected chi connectivity index (χ0v) is 11.4. The predicted octanol–water partition coefficient (Wildman–Crippen LogP) is 3.56. The maximum Gasteiger partial charge on any atom is 0.352 e. The minimum Gasteiger partial charge on any atom is -0.477 e. The summed E-state index contributed by atoms with van der Waals surface area (Å²) >= 11 is 0. The second-order valence-electron chi connectivity index (χ2n) is 7.04. The van der Waals surface area contributed by atoms with Crippen molar-refractivity contribution in [2.45, 2.75) is 44.9 Å². The summed E-state index contributed by atoms with van der Waals surface area (Å²) in [4.78, 5) is 14.5. The number of hydrogen-bond donors (Lipinski definition) is 2. The minimum absolute atomic E-state index is 0.454. The first-order valence-electron chi connectivity index (χ1n) is 7.54. The fourth-order valence-corrected chi connectivity index (χ4v) is 5.48. The molecule has 0 atom stereocenters. The molecule has 4 fully saturated rings. The number of nitrogens with one attached hydrogen (secondary N) is 1. The zero-order chi connectivity index (χ0) is 13.1. The summed E-state index contributed by atoms with van der Waals surface area (Å²) < 4.78 is 0. The van der Waals surface area contributed by atoms with Crippen molar-refractivity contribution in [1.82, 2.24) is 4.98 Å². The molecule has 4 aliphatic rings. The van der Waals surface area contributed by atoms with Crippen LogP contribution in [0, 0.1) is 30.6 Å². The summed E-state index contributed by atoms with van der Waals surface area (Å²) in [5, 5.41) is 9.40. The van der Waals surface area contributed by atoms with Gasteiger partial charge in [-0.05, 0) is 80.2 Å². The third kappa shape index (κ3) is 1.67. The average molecular weight is 259 g/mol. The molecule has 4 saturated carbocycles. The Bertz CT molecular complexity index is 503. The zero-order valence-electron chi connectivity index (χ0n) is 11.4. The number of aromatic amines is 1. The van der Waals surface area contributed by atoms with Gasteiger partial charge in [0.05, 0.1) is 0 Å². The van der Waals surface area contributed by atoms with Gasteiger partial charge in [0.1, 0.15) is 5.69 Å². The van der Waals surface area contributed by atoms with Crippen molar-refractivity contribution in [3.05, 3.63) is 23.0 Å². The molecule has 2 N–H and O–H groups in total. The van der Waals surface area contributed by atoms with Crippen molar-refractivity contribution in [3.8, 4) is 0 Å². The van der Waals surface area contributed by atoms with Gasteiger partial charge in [0, 0.05) is 5.69 Å². The van der Waals surface area contributed by atoms with Gasteiger partial charge in [0.2, 0.25) is 0 Å². The summed E-state index contributed by atoms with van der Waals surface area (Å²) in [7, 11) is 0. The van der Waals surface area contributed by atoms with E-state index in [0.717, 1.165) is 34.9 Å². The number of hydrogen-bond acceptors (Lipinski definition) is 1. The molecule has 3 heteroatoms. The molecule has 5 rings (SSSR count). The summed E-state index contributed by atoms with van der Waals surface area (Å²) in [5.41, 5.74) is 2.54. The van der Waals surface area contributed by atoms with E-state index >= 15 is 0 Å². The third-order valence-corrected chi connectivity index (χ3v) is 5.78. The van der Waals surface area contributed by atoms with Crippen molar-refractivity contribution in [3.63, 3.8) is 0 Å². The lowest BCUT2D eigenvalue weighted by Crippen LogP contribution is -2.44. The van der Waals surface area contributed by atoms with Crippen LogP contribution in [0.4, 0.5) is 0 Å². The molecular weight excluding hydrogens is 238 g/mol. The molecule has 1 aromatic heterocycles. The van der Waals surface area contributed by atoms with Crippen LogP contribution in [0.15, 0.2) is 6.07 Å². The van der Waals surface area contributed by atoms with Crippen LogP contribution in [0.1, 0.15) is 59.8 Å². The molecule has 0 aliphatic heterocycles. The standard InChI is InChI=1S/C16H21NO2/c1-8-2-13(15(17-8)16(18)19)14-11-4-9-3-10(6-11)7-12(14)5-9/h2,9-12,14,17H,3-7H2,1H3,(H,18,19). The number of aromatic carboxylic acids is 1. The highest BCUT2D eigenvalue weighted by Crippen LogP contribution is 2.60. The average Bonchev–Trinajstić information content (AvgIpc) is 2.70. The summed E-state index contributed by atoms with van der Waals surface area (Å²) in [6, 6.07) is 2.09. The largest absolute Gasteiger partial charge is 0.477 e. The summed E-state index contributed by atoms with van der Waals surface area (Å²) in [5.74, 6) is 3.06. The smallest absolute Gasteiger partial charge is 0.352 e. The van der Waals surface area contributed by atoms with E-state index in [4.69, 9.17) is 0 Å². The fraction of sp³-hybridized carbons (Fsp3) is 0.688. The van der Waals surface area contributed by atoms with E-state index in [0.29, 0.717) is 11.6 Å². The SMILES string of the molecule is Cc1cc(C2C3CC4CC(C3)CC2C4)c(C(=O)O)[nH]1. The Morgan fingerprint density at radius 2 is 1.74 bits per heavy atom. The molecule has 0 spiro atoms. The van der Waals surface area contributed by atoms with Crippen LogP contribution in [0.2, 0.25) is 0 Å². The van der Waals surface area contributed by atoms with Crippen molar-refractivity contribution < 1.29 is 9.90 Å². The monoisotopic (exact) mass is 259 g/mol. The number of H-pyrrole nitrogens is 1. The topological polar surface area (TPSA) is 53.1 Å². The van der Waals surface area contributed by atoms with E-state index in [1.807, 2.05) is 6.92 Å². The van der Waals surface area contributed by atoms with Crippen LogP contribution in [-0.2, 0) is 0 Å². The number of aryl methyl sites for hydroxylation is 1. The Labute approximate surface area is 113 Å². The van der Waals surface area contributed by atoms with Crippen molar-refractivity contribution in [2.75, 3.05) is 0 Å². The summed E-state index contributed by atoms with van der Waals surface area (Å²) in [6.07, 6.45) is 6.78. The van der Waals surface area contributed by atoms with Crippen LogP contribution < -0.4 is 0 Å². The van der Waals surface area contributed by atoms with E-state index < -0.39 is 5.97 Å². The van der Waals surface area contributed by atoms with Gasteiger partial charge in [-0.25, -0.2) is 4.79 Å². The van der Waals surface area contributed by atoms with Crippen molar-refractivity contribution in [2.24, 2.45) is 23.7 Å². The molecule has 1 aromatic rings. The molecule has 0 unspecified atom stereocenters. The molecule has 102 valence electrons. The van der Waals surface area contributed by atoms with E-state index in [1.54, 1.807) is 0 Å².